The molecule has 2 aliphatic rings. The van der Waals surface area contributed by atoms with Gasteiger partial charge in [0.05, 0.1) is 23.9 Å². The Morgan fingerprint density at radius 1 is 1.19 bits per heavy atom. The molecule has 1 amide bonds. The zero-order valence-electron chi connectivity index (χ0n) is 23.4. The highest BCUT2D eigenvalue weighted by Crippen LogP contribution is 2.38. The van der Waals surface area contributed by atoms with E-state index in [9.17, 15) is 18.8 Å². The predicted molar refractivity (Wildman–Crippen MR) is 157 cm³/mol. The molecule has 0 radical (unpaired) electrons. The molecule has 3 aromatic heterocycles. The lowest BCUT2D eigenvalue weighted by molar-refractivity contribution is -0.131. The summed E-state index contributed by atoms with van der Waals surface area (Å²) in [5.74, 6) is -2.75. The number of anilines is 1. The van der Waals surface area contributed by atoms with Crippen molar-refractivity contribution in [1.29, 1.82) is 5.26 Å². The average Bonchev–Trinajstić information content (AvgIpc) is 3.66. The molecule has 0 N–H and O–H groups in total. The summed E-state index contributed by atoms with van der Waals surface area (Å²) in [5, 5.41) is 11.8. The van der Waals surface area contributed by atoms with E-state index in [0.717, 1.165) is 19.4 Å². The van der Waals surface area contributed by atoms with Gasteiger partial charge in [0.1, 0.15) is 29.5 Å². The third-order valence-electron chi connectivity index (χ3n) is 8.14. The molecule has 0 unspecified atom stereocenters. The maximum atomic E-state index is 16.4. The van der Waals surface area contributed by atoms with Gasteiger partial charge in [-0.2, -0.15) is 15.2 Å². The number of aromatic nitrogens is 3. The molecule has 2 fully saturated rings. The second-order valence-electron chi connectivity index (χ2n) is 10.7. The first-order valence-electron chi connectivity index (χ1n) is 13.9. The maximum Gasteiger partial charge on any atom is 0.319 e. The summed E-state index contributed by atoms with van der Waals surface area (Å²) in [6.07, 6.45) is 3.42. The van der Waals surface area contributed by atoms with E-state index in [-0.39, 0.29) is 49.3 Å². The second kappa shape index (κ2) is 11.8. The van der Waals surface area contributed by atoms with Gasteiger partial charge in [-0.1, -0.05) is 6.58 Å². The van der Waals surface area contributed by atoms with E-state index in [2.05, 4.69) is 32.5 Å². The lowest BCUT2D eigenvalue weighted by Gasteiger charge is -2.41. The van der Waals surface area contributed by atoms with Gasteiger partial charge in [0.15, 0.2) is 11.6 Å². The number of likely N-dealkylation sites (N-methyl/N-ethyl adjacent to an activating group) is 1. The Hall–Kier alpha value is -4.28. The Bertz CT molecular complexity index is 1770. The molecule has 5 heterocycles. The number of halogens is 3. The first-order valence-corrected chi connectivity index (χ1v) is 14.8. The zero-order chi connectivity index (χ0) is 30.2. The predicted octanol–water partition coefficient (Wildman–Crippen LogP) is 5.07. The lowest BCUT2D eigenvalue weighted by atomic mass is 10.1. The summed E-state index contributed by atoms with van der Waals surface area (Å²) in [7, 11) is 2.02. The second-order valence-corrected chi connectivity index (χ2v) is 11.6. The van der Waals surface area contributed by atoms with Crippen molar-refractivity contribution >= 4 is 44.1 Å². The monoisotopic (exact) mass is 607 g/mol. The highest BCUT2D eigenvalue weighted by atomic mass is 32.1. The number of pyridine rings is 1. The summed E-state index contributed by atoms with van der Waals surface area (Å²) >= 11 is 1.29. The summed E-state index contributed by atoms with van der Waals surface area (Å²) in [5.41, 5.74) is 0.435. The van der Waals surface area contributed by atoms with Crippen molar-refractivity contribution in [1.82, 2.24) is 24.8 Å². The third-order valence-corrected chi connectivity index (χ3v) is 9.09. The number of nitrogens with zero attached hydrogens (tertiary/aromatic N) is 7. The fourth-order valence-corrected chi connectivity index (χ4v) is 6.77. The van der Waals surface area contributed by atoms with Crippen LogP contribution in [0.4, 0.5) is 19.0 Å². The third kappa shape index (κ3) is 5.36. The van der Waals surface area contributed by atoms with E-state index < -0.39 is 29.4 Å². The molecule has 9 nitrogen and oxygen atoms in total. The number of hydrogen-bond acceptors (Lipinski definition) is 9. The van der Waals surface area contributed by atoms with Gasteiger partial charge in [0, 0.05) is 47.5 Å². The van der Waals surface area contributed by atoms with Gasteiger partial charge in [-0.3, -0.25) is 9.78 Å². The fraction of sp³-hybridized carbons (Fsp3) is 0.367. The van der Waals surface area contributed by atoms with Crippen molar-refractivity contribution in [3.8, 4) is 23.3 Å². The molecule has 222 valence electrons. The van der Waals surface area contributed by atoms with Gasteiger partial charge in [-0.05, 0) is 50.0 Å². The van der Waals surface area contributed by atoms with Crippen molar-refractivity contribution in [3.63, 3.8) is 0 Å². The van der Waals surface area contributed by atoms with Gasteiger partial charge in [-0.15, -0.1) is 11.3 Å². The minimum absolute atomic E-state index is 0.0188. The molecule has 0 bridgehead atoms. The number of carbonyl (C=O) groups excluding carboxylic acids is 1. The number of hydrogen-bond donors (Lipinski definition) is 0. The van der Waals surface area contributed by atoms with E-state index in [4.69, 9.17) is 4.74 Å². The highest BCUT2D eigenvalue weighted by molar-refractivity contribution is 7.17. The molecule has 0 saturated carbocycles. The molecule has 1 aromatic carbocycles. The highest BCUT2D eigenvalue weighted by Gasteiger charge is 2.34. The standard InChI is InChI=1S/C30H28F3N7O2S/c1-17(31)29(41)40-12-11-39(15-18(40)7-9-34)28-22-14-35-25(21-5-6-23(32)20-8-13-43-27(20)21)24(33)26(22)36-30(37-28)42-16-19-4-3-10-38(19)2/h5-6,8,13-14,18-19H,1,3-4,7,10-12,15-16H2,2H3/t18-,19-/m0/s1. The van der Waals surface area contributed by atoms with E-state index in [0.29, 0.717) is 33.5 Å². The number of thiophene rings is 1. The van der Waals surface area contributed by atoms with E-state index in [1.807, 2.05) is 11.9 Å². The first kappa shape index (κ1) is 28.8. The van der Waals surface area contributed by atoms with Gasteiger partial charge in [0.25, 0.3) is 5.91 Å². The normalized spacial score (nSPS) is 19.2. The van der Waals surface area contributed by atoms with Crippen LogP contribution in [0.1, 0.15) is 19.3 Å². The molecular formula is C30H28F3N7O2S. The molecule has 43 heavy (non-hydrogen) atoms. The van der Waals surface area contributed by atoms with E-state index >= 15 is 4.39 Å². The molecule has 0 aliphatic carbocycles. The topological polar surface area (TPSA) is 98.5 Å². The smallest absolute Gasteiger partial charge is 0.319 e. The number of amides is 1. The van der Waals surface area contributed by atoms with Crippen molar-refractivity contribution in [2.75, 3.05) is 44.7 Å². The molecule has 0 spiro atoms. The van der Waals surface area contributed by atoms with E-state index in [1.54, 1.807) is 11.4 Å². The summed E-state index contributed by atoms with van der Waals surface area (Å²) < 4.78 is 51.2. The molecule has 2 atom stereocenters. The number of piperazine rings is 1. The zero-order valence-corrected chi connectivity index (χ0v) is 24.2. The van der Waals surface area contributed by atoms with Crippen LogP contribution in [0.25, 0.3) is 32.2 Å². The quantitative estimate of drug-likeness (QED) is 0.269. The molecule has 2 saturated heterocycles. The fourth-order valence-electron chi connectivity index (χ4n) is 5.84. The van der Waals surface area contributed by atoms with Crippen LogP contribution < -0.4 is 9.64 Å². The van der Waals surface area contributed by atoms with Crippen LogP contribution in [-0.2, 0) is 4.79 Å². The van der Waals surface area contributed by atoms with Crippen LogP contribution in [0.3, 0.4) is 0 Å². The summed E-state index contributed by atoms with van der Waals surface area (Å²) in [6.45, 7) is 4.84. The molecular weight excluding hydrogens is 579 g/mol. The van der Waals surface area contributed by atoms with Crippen LogP contribution in [-0.4, -0.2) is 82.6 Å². The maximum absolute atomic E-state index is 16.4. The number of nitriles is 1. The van der Waals surface area contributed by atoms with Crippen molar-refractivity contribution in [3.05, 3.63) is 53.8 Å². The van der Waals surface area contributed by atoms with Gasteiger partial charge < -0.3 is 19.4 Å². The van der Waals surface area contributed by atoms with Crippen molar-refractivity contribution in [2.45, 2.75) is 31.3 Å². The van der Waals surface area contributed by atoms with Gasteiger partial charge in [-0.25, -0.2) is 13.2 Å². The number of benzene rings is 1. The van der Waals surface area contributed by atoms with Crippen LogP contribution in [0.15, 0.2) is 42.2 Å². The summed E-state index contributed by atoms with van der Waals surface area (Å²) in [4.78, 5) is 31.3. The van der Waals surface area contributed by atoms with E-state index in [1.165, 1.54) is 34.6 Å². The number of ether oxygens (including phenoxy) is 1. The van der Waals surface area contributed by atoms with Crippen molar-refractivity contribution < 1.29 is 22.7 Å². The van der Waals surface area contributed by atoms with Crippen LogP contribution >= 0.6 is 11.3 Å². The number of fused-ring (bicyclic) bond motifs is 2. The molecule has 4 aromatic rings. The Morgan fingerprint density at radius 3 is 2.77 bits per heavy atom. The minimum atomic E-state index is -1.10. The molecule has 13 heteroatoms. The average molecular weight is 608 g/mol. The molecule has 6 rings (SSSR count). The SMILES string of the molecule is C=C(F)C(=O)N1CCN(c2nc(OC[C@@H]3CCCN3C)nc3c(F)c(-c4ccc(F)c5ccsc45)ncc23)C[C@@H]1CC#N. The first-order chi connectivity index (χ1) is 20.8. The van der Waals surface area contributed by atoms with Gasteiger partial charge in [0.2, 0.25) is 0 Å². The van der Waals surface area contributed by atoms with Crippen LogP contribution in [0.5, 0.6) is 6.01 Å². The minimum Gasteiger partial charge on any atom is -0.462 e. The number of rotatable bonds is 7. The van der Waals surface area contributed by atoms with Crippen molar-refractivity contribution in [2.24, 2.45) is 0 Å². The Labute approximate surface area is 249 Å². The Balaban J connectivity index is 1.44. The number of carbonyl (C=O) groups is 1. The summed E-state index contributed by atoms with van der Waals surface area (Å²) in [6, 6.07) is 5.98. The van der Waals surface area contributed by atoms with Gasteiger partial charge >= 0.3 is 6.01 Å². The Morgan fingerprint density at radius 2 is 2.02 bits per heavy atom. The Kier molecular flexibility index (Phi) is 7.89. The largest absolute Gasteiger partial charge is 0.462 e. The van der Waals surface area contributed by atoms with Crippen LogP contribution in [0, 0.1) is 23.0 Å². The number of likely N-dealkylation sites (tertiary alicyclic amines) is 1. The van der Waals surface area contributed by atoms with Crippen LogP contribution in [0.2, 0.25) is 0 Å². The lowest BCUT2D eigenvalue weighted by Crippen LogP contribution is -2.55. The molecule has 2 aliphatic heterocycles.